The molecule has 0 radical (unpaired) electrons. The molecule has 0 saturated heterocycles. The van der Waals surface area contributed by atoms with E-state index in [0.717, 1.165) is 19.3 Å². The minimum atomic E-state index is -0.626. The number of nitrogens with one attached hydrogen (secondary N) is 2. The molecule has 0 aliphatic heterocycles. The molecule has 1 aliphatic carbocycles. The van der Waals surface area contributed by atoms with Crippen molar-refractivity contribution in [1.29, 1.82) is 0 Å². The Bertz CT molecular complexity index is 411. The van der Waals surface area contributed by atoms with Crippen LogP contribution in [0.1, 0.15) is 59.3 Å². The number of allylic oxidation sites excluding steroid dienone is 1. The van der Waals surface area contributed by atoms with Gasteiger partial charge < -0.3 is 15.7 Å². The van der Waals surface area contributed by atoms with Crippen molar-refractivity contribution in [3.63, 3.8) is 0 Å². The molecule has 0 spiro atoms. The molecular formula is C17H30N2O3. The highest BCUT2D eigenvalue weighted by Gasteiger charge is 2.22. The van der Waals surface area contributed by atoms with E-state index in [4.69, 9.17) is 0 Å². The van der Waals surface area contributed by atoms with Gasteiger partial charge in [-0.25, -0.2) is 0 Å². The Hall–Kier alpha value is -1.36. The predicted molar refractivity (Wildman–Crippen MR) is 87.3 cm³/mol. The van der Waals surface area contributed by atoms with Crippen LogP contribution in [0.3, 0.4) is 0 Å². The molecule has 1 atom stereocenters. The van der Waals surface area contributed by atoms with Crippen molar-refractivity contribution in [3.8, 4) is 0 Å². The van der Waals surface area contributed by atoms with Crippen molar-refractivity contribution in [2.24, 2.45) is 5.41 Å². The number of carbonyl (C=O) groups is 2. The maximum Gasteiger partial charge on any atom is 0.309 e. The summed E-state index contributed by atoms with van der Waals surface area (Å²) in [4.78, 5) is 23.3. The zero-order chi connectivity index (χ0) is 16.6. The van der Waals surface area contributed by atoms with Crippen LogP contribution in [0.2, 0.25) is 0 Å². The number of aliphatic hydroxyl groups is 1. The van der Waals surface area contributed by atoms with Crippen molar-refractivity contribution in [2.45, 2.75) is 65.4 Å². The Morgan fingerprint density at radius 2 is 1.82 bits per heavy atom. The lowest BCUT2D eigenvalue weighted by atomic mass is 9.87. The highest BCUT2D eigenvalue weighted by molar-refractivity contribution is 6.35. The smallest absolute Gasteiger partial charge is 0.309 e. The van der Waals surface area contributed by atoms with Gasteiger partial charge in [-0.2, -0.15) is 0 Å². The van der Waals surface area contributed by atoms with Crippen molar-refractivity contribution < 1.29 is 14.7 Å². The second-order valence-electron chi connectivity index (χ2n) is 7.04. The fraction of sp³-hybridized carbons (Fsp3) is 0.765. The molecule has 126 valence electrons. The van der Waals surface area contributed by atoms with E-state index in [9.17, 15) is 14.7 Å². The number of aliphatic hydroxyl groups excluding tert-OH is 1. The Morgan fingerprint density at radius 3 is 2.36 bits per heavy atom. The number of hydrogen-bond donors (Lipinski definition) is 3. The van der Waals surface area contributed by atoms with Crippen LogP contribution in [0.25, 0.3) is 0 Å². The zero-order valence-corrected chi connectivity index (χ0v) is 14.1. The molecule has 0 aromatic rings. The number of carbonyl (C=O) groups excluding carboxylic acids is 2. The zero-order valence-electron chi connectivity index (χ0n) is 14.1. The van der Waals surface area contributed by atoms with Crippen molar-refractivity contribution in [2.75, 3.05) is 13.1 Å². The normalized spacial score (nSPS) is 16.6. The summed E-state index contributed by atoms with van der Waals surface area (Å²) in [5.74, 6) is -1.22. The fourth-order valence-corrected chi connectivity index (χ4v) is 2.38. The summed E-state index contributed by atoms with van der Waals surface area (Å²) < 4.78 is 0. The molecule has 0 aromatic carbocycles. The van der Waals surface area contributed by atoms with Crippen molar-refractivity contribution >= 4 is 11.8 Å². The third-order valence-corrected chi connectivity index (χ3v) is 4.03. The summed E-state index contributed by atoms with van der Waals surface area (Å²) in [6.45, 7) is 6.61. The molecule has 0 saturated carbocycles. The molecule has 1 unspecified atom stereocenters. The summed E-state index contributed by atoms with van der Waals surface area (Å²) in [7, 11) is 0. The van der Waals surface area contributed by atoms with Crippen LogP contribution in [-0.4, -0.2) is 36.1 Å². The van der Waals surface area contributed by atoms with Gasteiger partial charge in [0.2, 0.25) is 0 Å². The van der Waals surface area contributed by atoms with Gasteiger partial charge in [-0.3, -0.25) is 9.59 Å². The van der Waals surface area contributed by atoms with Crippen LogP contribution in [-0.2, 0) is 9.59 Å². The molecule has 0 aromatic heterocycles. The summed E-state index contributed by atoms with van der Waals surface area (Å²) in [5, 5.41) is 15.1. The molecule has 5 heteroatoms. The SMILES string of the molecule is CC(C)(C)C(O)CCNC(=O)C(=O)NCCC1=CCCCC1. The van der Waals surface area contributed by atoms with Crippen LogP contribution in [0.4, 0.5) is 0 Å². The highest BCUT2D eigenvalue weighted by Crippen LogP contribution is 2.21. The highest BCUT2D eigenvalue weighted by atomic mass is 16.3. The van der Waals surface area contributed by atoms with Gasteiger partial charge in [0.1, 0.15) is 0 Å². The summed E-state index contributed by atoms with van der Waals surface area (Å²) in [6.07, 6.45) is 7.69. The Labute approximate surface area is 133 Å². The molecular weight excluding hydrogens is 280 g/mol. The van der Waals surface area contributed by atoms with E-state index in [1.807, 2.05) is 20.8 Å². The third kappa shape index (κ3) is 7.07. The Morgan fingerprint density at radius 1 is 1.18 bits per heavy atom. The average molecular weight is 310 g/mol. The van der Waals surface area contributed by atoms with Crippen LogP contribution in [0.5, 0.6) is 0 Å². The first-order valence-corrected chi connectivity index (χ1v) is 8.22. The Kier molecular flexibility index (Phi) is 7.59. The number of amides is 2. The summed E-state index contributed by atoms with van der Waals surface area (Å²) in [6, 6.07) is 0. The molecule has 0 bridgehead atoms. The van der Waals surface area contributed by atoms with Gasteiger partial charge in [0.05, 0.1) is 6.10 Å². The van der Waals surface area contributed by atoms with Gasteiger partial charge in [-0.05, 0) is 43.9 Å². The first kappa shape index (κ1) is 18.7. The number of rotatable bonds is 6. The van der Waals surface area contributed by atoms with E-state index in [0.29, 0.717) is 19.5 Å². The molecule has 0 fully saturated rings. The molecule has 3 N–H and O–H groups in total. The van der Waals surface area contributed by atoms with Crippen LogP contribution in [0, 0.1) is 5.41 Å². The maximum absolute atomic E-state index is 11.7. The topological polar surface area (TPSA) is 78.4 Å². The van der Waals surface area contributed by atoms with Crippen molar-refractivity contribution in [3.05, 3.63) is 11.6 Å². The van der Waals surface area contributed by atoms with E-state index in [1.54, 1.807) is 0 Å². The Balaban J connectivity index is 2.16. The number of hydrogen-bond acceptors (Lipinski definition) is 3. The predicted octanol–water partition coefficient (Wildman–Crippen LogP) is 1.91. The monoisotopic (exact) mass is 310 g/mol. The molecule has 22 heavy (non-hydrogen) atoms. The van der Waals surface area contributed by atoms with Crippen LogP contribution < -0.4 is 10.6 Å². The van der Waals surface area contributed by atoms with Crippen LogP contribution in [0.15, 0.2) is 11.6 Å². The summed E-state index contributed by atoms with van der Waals surface area (Å²) >= 11 is 0. The lowest BCUT2D eigenvalue weighted by molar-refractivity contribution is -0.139. The fourth-order valence-electron chi connectivity index (χ4n) is 2.38. The van der Waals surface area contributed by atoms with E-state index < -0.39 is 17.9 Å². The van der Waals surface area contributed by atoms with Crippen molar-refractivity contribution in [1.82, 2.24) is 10.6 Å². The minimum Gasteiger partial charge on any atom is -0.393 e. The van der Waals surface area contributed by atoms with Gasteiger partial charge in [-0.1, -0.05) is 32.4 Å². The van der Waals surface area contributed by atoms with Gasteiger partial charge >= 0.3 is 11.8 Å². The lowest BCUT2D eigenvalue weighted by Crippen LogP contribution is -2.42. The van der Waals surface area contributed by atoms with E-state index >= 15 is 0 Å². The van der Waals surface area contributed by atoms with E-state index in [-0.39, 0.29) is 5.41 Å². The first-order chi connectivity index (χ1) is 10.3. The third-order valence-electron chi connectivity index (χ3n) is 4.03. The minimum absolute atomic E-state index is 0.222. The second-order valence-corrected chi connectivity index (χ2v) is 7.04. The largest absolute Gasteiger partial charge is 0.393 e. The van der Waals surface area contributed by atoms with Crippen LogP contribution >= 0.6 is 0 Å². The standard InChI is InChI=1S/C17H30N2O3/c1-17(2,3)14(20)10-12-19-16(22)15(21)18-11-9-13-7-5-4-6-8-13/h7,14,20H,4-6,8-12H2,1-3H3,(H,18,21)(H,19,22). The molecule has 1 aliphatic rings. The quantitative estimate of drug-likeness (QED) is 0.518. The van der Waals surface area contributed by atoms with Gasteiger partial charge in [0.15, 0.2) is 0 Å². The lowest BCUT2D eigenvalue weighted by Gasteiger charge is -2.25. The molecule has 1 rings (SSSR count). The first-order valence-electron chi connectivity index (χ1n) is 8.22. The van der Waals surface area contributed by atoms with E-state index in [1.165, 1.54) is 18.4 Å². The van der Waals surface area contributed by atoms with Gasteiger partial charge in [0, 0.05) is 13.1 Å². The maximum atomic E-state index is 11.7. The average Bonchev–Trinajstić information content (AvgIpc) is 2.47. The molecule has 2 amide bonds. The van der Waals surface area contributed by atoms with E-state index in [2.05, 4.69) is 16.7 Å². The van der Waals surface area contributed by atoms with Gasteiger partial charge in [0.25, 0.3) is 0 Å². The molecule has 5 nitrogen and oxygen atoms in total. The summed E-state index contributed by atoms with van der Waals surface area (Å²) in [5.41, 5.74) is 1.15. The van der Waals surface area contributed by atoms with Gasteiger partial charge in [-0.15, -0.1) is 0 Å². The second kappa shape index (κ2) is 8.93. The molecule has 0 heterocycles.